The van der Waals surface area contributed by atoms with Crippen molar-refractivity contribution < 1.29 is 22.7 Å². The Morgan fingerprint density at radius 2 is 2.04 bits per heavy atom. The minimum atomic E-state index is -4.73. The quantitative estimate of drug-likeness (QED) is 0.869. The molecule has 140 valence electrons. The summed E-state index contributed by atoms with van der Waals surface area (Å²) in [6, 6.07) is 5.44. The Labute approximate surface area is 147 Å². The first-order chi connectivity index (χ1) is 12.3. The molecule has 1 fully saturated rings. The maximum absolute atomic E-state index is 12.3. The van der Waals surface area contributed by atoms with Crippen molar-refractivity contribution in [1.82, 2.24) is 19.7 Å². The van der Waals surface area contributed by atoms with Crippen molar-refractivity contribution in [3.8, 4) is 11.4 Å². The lowest BCUT2D eigenvalue weighted by atomic mass is 9.97. The van der Waals surface area contributed by atoms with E-state index in [0.29, 0.717) is 18.1 Å². The number of nitrogens with two attached hydrogens (primary N) is 1. The van der Waals surface area contributed by atoms with Crippen molar-refractivity contribution in [2.75, 3.05) is 19.6 Å². The molecule has 0 aliphatic carbocycles. The number of halogens is 3. The molecule has 1 aliphatic rings. The van der Waals surface area contributed by atoms with Crippen LogP contribution in [0.15, 0.2) is 30.6 Å². The Morgan fingerprint density at radius 1 is 1.31 bits per heavy atom. The minimum absolute atomic E-state index is 0.0525. The molecule has 26 heavy (non-hydrogen) atoms. The van der Waals surface area contributed by atoms with E-state index in [1.165, 1.54) is 30.6 Å². The average molecular weight is 369 g/mol. The summed E-state index contributed by atoms with van der Waals surface area (Å²) in [5, 5.41) is 4.18. The van der Waals surface area contributed by atoms with Crippen LogP contribution < -0.4 is 10.5 Å². The lowest BCUT2D eigenvalue weighted by Gasteiger charge is -2.31. The number of carbonyl (C=O) groups is 1. The first-order valence-corrected chi connectivity index (χ1v) is 8.08. The molecule has 1 atom stereocenters. The number of piperidine rings is 1. The SMILES string of the molecule is NC(=O)CN1CCC[C@H](c2ncnn2-c2ccc(OC(F)(F)F)cc2)C1. The Balaban J connectivity index is 1.77. The molecule has 2 aromatic rings. The standard InChI is InChI=1S/C16H18F3N5O2/c17-16(18,19)26-13-5-3-12(4-6-13)24-15(21-10-22-24)11-2-1-7-23(8-11)9-14(20)25/h3-6,10-11H,1-2,7-9H2,(H2,20,25)/t11-/m0/s1. The van der Waals surface area contributed by atoms with Gasteiger partial charge in [-0.15, -0.1) is 13.2 Å². The summed E-state index contributed by atoms with van der Waals surface area (Å²) in [7, 11) is 0. The van der Waals surface area contributed by atoms with Gasteiger partial charge in [0.2, 0.25) is 5.91 Å². The number of benzene rings is 1. The molecule has 0 unspecified atom stereocenters. The number of rotatable bonds is 5. The second-order valence-corrected chi connectivity index (χ2v) is 6.11. The summed E-state index contributed by atoms with van der Waals surface area (Å²) in [5.74, 6) is 0.0703. The highest BCUT2D eigenvalue weighted by molar-refractivity contribution is 5.75. The summed E-state index contributed by atoms with van der Waals surface area (Å²) in [4.78, 5) is 17.4. The van der Waals surface area contributed by atoms with Gasteiger partial charge in [-0.3, -0.25) is 9.69 Å². The van der Waals surface area contributed by atoms with Gasteiger partial charge in [-0.25, -0.2) is 9.67 Å². The monoisotopic (exact) mass is 369 g/mol. The van der Waals surface area contributed by atoms with E-state index in [2.05, 4.69) is 14.8 Å². The van der Waals surface area contributed by atoms with Crippen molar-refractivity contribution in [2.24, 2.45) is 5.73 Å². The van der Waals surface area contributed by atoms with Crippen LogP contribution in [0, 0.1) is 0 Å². The zero-order valence-corrected chi connectivity index (χ0v) is 13.8. The molecule has 1 saturated heterocycles. The molecule has 7 nitrogen and oxygen atoms in total. The minimum Gasteiger partial charge on any atom is -0.406 e. The summed E-state index contributed by atoms with van der Waals surface area (Å²) in [6.07, 6.45) is -1.55. The third kappa shape index (κ3) is 4.51. The van der Waals surface area contributed by atoms with Crippen LogP contribution in [-0.2, 0) is 4.79 Å². The fourth-order valence-corrected chi connectivity index (χ4v) is 3.15. The van der Waals surface area contributed by atoms with Gasteiger partial charge in [0.05, 0.1) is 12.2 Å². The molecule has 0 spiro atoms. The molecular weight excluding hydrogens is 351 g/mol. The fraction of sp³-hybridized carbons (Fsp3) is 0.438. The molecule has 1 aromatic heterocycles. The maximum Gasteiger partial charge on any atom is 0.573 e. The number of amides is 1. The van der Waals surface area contributed by atoms with E-state index in [1.54, 1.807) is 4.68 Å². The molecule has 0 bridgehead atoms. The number of primary amides is 1. The number of nitrogens with zero attached hydrogens (tertiary/aromatic N) is 4. The molecule has 10 heteroatoms. The van der Waals surface area contributed by atoms with E-state index in [4.69, 9.17) is 5.73 Å². The van der Waals surface area contributed by atoms with E-state index in [9.17, 15) is 18.0 Å². The van der Waals surface area contributed by atoms with Crippen LogP contribution in [0.4, 0.5) is 13.2 Å². The van der Waals surface area contributed by atoms with Crippen molar-refractivity contribution in [1.29, 1.82) is 0 Å². The number of aromatic nitrogens is 3. The molecular formula is C16H18F3N5O2. The van der Waals surface area contributed by atoms with Crippen LogP contribution in [0.5, 0.6) is 5.75 Å². The lowest BCUT2D eigenvalue weighted by molar-refractivity contribution is -0.274. The first-order valence-electron chi connectivity index (χ1n) is 8.08. The molecule has 0 saturated carbocycles. The Bertz CT molecular complexity index is 760. The number of hydrogen-bond donors (Lipinski definition) is 1. The van der Waals surface area contributed by atoms with Gasteiger partial charge in [-0.1, -0.05) is 0 Å². The van der Waals surface area contributed by atoms with E-state index in [1.807, 2.05) is 4.90 Å². The molecule has 2 heterocycles. The maximum atomic E-state index is 12.3. The normalized spacial score (nSPS) is 18.7. The van der Waals surface area contributed by atoms with Crippen LogP contribution in [0.1, 0.15) is 24.6 Å². The van der Waals surface area contributed by atoms with Crippen LogP contribution in [0.2, 0.25) is 0 Å². The fourth-order valence-electron chi connectivity index (χ4n) is 3.15. The Hall–Kier alpha value is -2.62. The third-order valence-corrected chi connectivity index (χ3v) is 4.14. The van der Waals surface area contributed by atoms with Gasteiger partial charge in [0.1, 0.15) is 17.9 Å². The smallest absolute Gasteiger partial charge is 0.406 e. The largest absolute Gasteiger partial charge is 0.573 e. The highest BCUT2D eigenvalue weighted by Crippen LogP contribution is 2.28. The van der Waals surface area contributed by atoms with E-state index in [-0.39, 0.29) is 24.1 Å². The van der Waals surface area contributed by atoms with Gasteiger partial charge < -0.3 is 10.5 Å². The van der Waals surface area contributed by atoms with Crippen molar-refractivity contribution in [3.05, 3.63) is 36.4 Å². The average Bonchev–Trinajstić information content (AvgIpc) is 3.03. The van der Waals surface area contributed by atoms with Gasteiger partial charge in [-0.05, 0) is 43.7 Å². The van der Waals surface area contributed by atoms with Crippen LogP contribution in [0.25, 0.3) is 5.69 Å². The van der Waals surface area contributed by atoms with Crippen molar-refractivity contribution in [2.45, 2.75) is 25.1 Å². The van der Waals surface area contributed by atoms with Gasteiger partial charge in [-0.2, -0.15) is 5.10 Å². The molecule has 0 radical (unpaired) electrons. The Morgan fingerprint density at radius 3 is 2.69 bits per heavy atom. The van der Waals surface area contributed by atoms with Crippen molar-refractivity contribution in [3.63, 3.8) is 0 Å². The molecule has 2 N–H and O–H groups in total. The van der Waals surface area contributed by atoms with E-state index < -0.39 is 6.36 Å². The second kappa shape index (κ2) is 7.32. The van der Waals surface area contributed by atoms with Crippen LogP contribution in [-0.4, -0.2) is 51.6 Å². The van der Waals surface area contributed by atoms with E-state index >= 15 is 0 Å². The second-order valence-electron chi connectivity index (χ2n) is 6.11. The summed E-state index contributed by atoms with van der Waals surface area (Å²) < 4.78 is 42.3. The molecule has 1 aromatic carbocycles. The summed E-state index contributed by atoms with van der Waals surface area (Å²) >= 11 is 0. The van der Waals surface area contributed by atoms with Gasteiger partial charge >= 0.3 is 6.36 Å². The highest BCUT2D eigenvalue weighted by Gasteiger charge is 2.31. The molecule has 3 rings (SSSR count). The van der Waals surface area contributed by atoms with E-state index in [0.717, 1.165) is 19.4 Å². The third-order valence-electron chi connectivity index (χ3n) is 4.14. The zero-order valence-electron chi connectivity index (χ0n) is 13.8. The van der Waals surface area contributed by atoms with Crippen LogP contribution >= 0.6 is 0 Å². The molecule has 1 aliphatic heterocycles. The van der Waals surface area contributed by atoms with Gasteiger partial charge in [0, 0.05) is 12.5 Å². The van der Waals surface area contributed by atoms with Gasteiger partial charge in [0.25, 0.3) is 0 Å². The topological polar surface area (TPSA) is 86.3 Å². The van der Waals surface area contributed by atoms with Gasteiger partial charge in [0.15, 0.2) is 0 Å². The number of hydrogen-bond acceptors (Lipinski definition) is 5. The number of likely N-dealkylation sites (tertiary alicyclic amines) is 1. The summed E-state index contributed by atoms with van der Waals surface area (Å²) in [5.41, 5.74) is 5.84. The van der Waals surface area contributed by atoms with Crippen LogP contribution in [0.3, 0.4) is 0 Å². The summed E-state index contributed by atoms with van der Waals surface area (Å²) in [6.45, 7) is 1.60. The predicted octanol–water partition coefficient (Wildman–Crippen LogP) is 1.83. The lowest BCUT2D eigenvalue weighted by Crippen LogP contribution is -2.40. The highest BCUT2D eigenvalue weighted by atomic mass is 19.4. The number of alkyl halides is 3. The predicted molar refractivity (Wildman–Crippen MR) is 85.7 cm³/mol. The number of ether oxygens (including phenoxy) is 1. The molecule has 1 amide bonds. The van der Waals surface area contributed by atoms with Crippen molar-refractivity contribution >= 4 is 5.91 Å². The first kappa shape index (κ1) is 18.2. The Kier molecular flexibility index (Phi) is 5.12. The zero-order chi connectivity index (χ0) is 18.7. The number of carbonyl (C=O) groups excluding carboxylic acids is 1.